The lowest BCUT2D eigenvalue weighted by molar-refractivity contribution is -0.0531. The molecule has 0 aromatic heterocycles. The fourth-order valence-corrected chi connectivity index (χ4v) is 3.70. The monoisotopic (exact) mass is 279 g/mol. The molecule has 0 aromatic rings. The van der Waals surface area contributed by atoms with Crippen molar-refractivity contribution in [2.75, 3.05) is 19.7 Å². The number of rotatable bonds is 4. The zero-order chi connectivity index (χ0) is 14.6. The molecule has 1 saturated heterocycles. The van der Waals surface area contributed by atoms with E-state index in [0.717, 1.165) is 45.4 Å². The average molecular weight is 279 g/mol. The number of hydrogen-bond donors (Lipinski definition) is 1. The smallest absolute Gasteiger partial charge is 0.108 e. The second-order valence-electron chi connectivity index (χ2n) is 6.64. The summed E-state index contributed by atoms with van der Waals surface area (Å²) in [4.78, 5) is 2.56. The van der Waals surface area contributed by atoms with Gasteiger partial charge in [-0.05, 0) is 46.0 Å². The van der Waals surface area contributed by atoms with Crippen molar-refractivity contribution in [2.24, 2.45) is 0 Å². The zero-order valence-corrected chi connectivity index (χ0v) is 13.2. The molecule has 4 heteroatoms. The van der Waals surface area contributed by atoms with Gasteiger partial charge in [0, 0.05) is 25.2 Å². The van der Waals surface area contributed by atoms with Crippen molar-refractivity contribution in [3.05, 3.63) is 0 Å². The molecule has 20 heavy (non-hydrogen) atoms. The maximum Gasteiger partial charge on any atom is 0.108 e. The van der Waals surface area contributed by atoms with Gasteiger partial charge in [0.2, 0.25) is 0 Å². The summed E-state index contributed by atoms with van der Waals surface area (Å²) in [5, 5.41) is 13.2. The molecule has 2 aliphatic rings. The van der Waals surface area contributed by atoms with E-state index in [2.05, 4.69) is 37.1 Å². The minimum atomic E-state index is -0.322. The fourth-order valence-electron chi connectivity index (χ4n) is 3.70. The second-order valence-corrected chi connectivity index (χ2v) is 6.64. The summed E-state index contributed by atoms with van der Waals surface area (Å²) in [5.74, 6) is 0. The Morgan fingerprint density at radius 2 is 2.30 bits per heavy atom. The van der Waals surface area contributed by atoms with Gasteiger partial charge in [-0.25, -0.2) is 0 Å². The number of hydrogen-bond acceptors (Lipinski definition) is 4. The van der Waals surface area contributed by atoms with Gasteiger partial charge in [0.25, 0.3) is 0 Å². The van der Waals surface area contributed by atoms with Crippen LogP contribution < -0.4 is 5.32 Å². The van der Waals surface area contributed by atoms with Crippen molar-refractivity contribution in [3.63, 3.8) is 0 Å². The van der Waals surface area contributed by atoms with Gasteiger partial charge in [-0.1, -0.05) is 6.92 Å². The highest BCUT2D eigenvalue weighted by Gasteiger charge is 2.39. The van der Waals surface area contributed by atoms with Crippen LogP contribution in [0, 0.1) is 11.3 Å². The molecule has 2 rings (SSSR count). The van der Waals surface area contributed by atoms with E-state index in [1.165, 1.54) is 6.42 Å². The molecular weight excluding hydrogens is 250 g/mol. The first-order valence-corrected chi connectivity index (χ1v) is 8.13. The highest BCUT2D eigenvalue weighted by Crippen LogP contribution is 2.32. The van der Waals surface area contributed by atoms with E-state index >= 15 is 0 Å². The molecule has 1 N–H and O–H groups in total. The third-order valence-electron chi connectivity index (χ3n) is 4.65. The van der Waals surface area contributed by atoms with E-state index in [1.807, 2.05) is 0 Å². The SMILES string of the molecule is CCC1CN(C2CCCC(C#N)(NC(C)C)C2)CCO1. The highest BCUT2D eigenvalue weighted by molar-refractivity contribution is 5.12. The molecule has 3 unspecified atom stereocenters. The quantitative estimate of drug-likeness (QED) is 0.858. The zero-order valence-electron chi connectivity index (χ0n) is 13.2. The van der Waals surface area contributed by atoms with E-state index in [9.17, 15) is 5.26 Å². The molecule has 4 nitrogen and oxygen atoms in total. The predicted octanol–water partition coefficient (Wildman–Crippen LogP) is 2.30. The Morgan fingerprint density at radius 3 is 2.95 bits per heavy atom. The van der Waals surface area contributed by atoms with Crippen LogP contribution in [-0.2, 0) is 4.74 Å². The Hall–Kier alpha value is -0.630. The molecule has 3 atom stereocenters. The first kappa shape index (κ1) is 15.8. The Morgan fingerprint density at radius 1 is 1.50 bits per heavy atom. The van der Waals surface area contributed by atoms with Gasteiger partial charge in [-0.15, -0.1) is 0 Å². The maximum absolute atomic E-state index is 9.65. The summed E-state index contributed by atoms with van der Waals surface area (Å²) in [6.45, 7) is 9.34. The summed E-state index contributed by atoms with van der Waals surface area (Å²) in [5.41, 5.74) is -0.322. The van der Waals surface area contributed by atoms with E-state index in [1.54, 1.807) is 0 Å². The van der Waals surface area contributed by atoms with Crippen molar-refractivity contribution in [3.8, 4) is 6.07 Å². The predicted molar refractivity (Wildman–Crippen MR) is 80.5 cm³/mol. The lowest BCUT2D eigenvalue weighted by Gasteiger charge is -2.45. The molecule has 1 aliphatic heterocycles. The molecule has 0 radical (unpaired) electrons. The number of ether oxygens (including phenoxy) is 1. The molecule has 114 valence electrons. The van der Waals surface area contributed by atoms with E-state index < -0.39 is 0 Å². The van der Waals surface area contributed by atoms with Gasteiger partial charge in [-0.2, -0.15) is 5.26 Å². The third kappa shape index (κ3) is 3.72. The summed E-state index contributed by atoms with van der Waals surface area (Å²) < 4.78 is 5.77. The van der Waals surface area contributed by atoms with Crippen molar-refractivity contribution in [1.29, 1.82) is 5.26 Å². The highest BCUT2D eigenvalue weighted by atomic mass is 16.5. The van der Waals surface area contributed by atoms with Crippen LogP contribution in [0.4, 0.5) is 0 Å². The van der Waals surface area contributed by atoms with Crippen LogP contribution in [-0.4, -0.2) is 48.3 Å². The summed E-state index contributed by atoms with van der Waals surface area (Å²) >= 11 is 0. The van der Waals surface area contributed by atoms with Gasteiger partial charge in [0.1, 0.15) is 5.54 Å². The largest absolute Gasteiger partial charge is 0.376 e. The van der Waals surface area contributed by atoms with Gasteiger partial charge in [0.05, 0.1) is 18.8 Å². The van der Waals surface area contributed by atoms with Crippen LogP contribution in [0.25, 0.3) is 0 Å². The summed E-state index contributed by atoms with van der Waals surface area (Å²) in [6, 6.07) is 3.47. The summed E-state index contributed by atoms with van der Waals surface area (Å²) in [7, 11) is 0. The van der Waals surface area contributed by atoms with E-state index in [-0.39, 0.29) is 5.54 Å². The third-order valence-corrected chi connectivity index (χ3v) is 4.65. The number of nitrogens with one attached hydrogen (secondary N) is 1. The first-order chi connectivity index (χ1) is 9.58. The van der Waals surface area contributed by atoms with E-state index in [4.69, 9.17) is 4.74 Å². The van der Waals surface area contributed by atoms with Crippen molar-refractivity contribution < 1.29 is 4.74 Å². The van der Waals surface area contributed by atoms with Gasteiger partial charge in [-0.3, -0.25) is 10.2 Å². The average Bonchev–Trinajstić information content (AvgIpc) is 2.47. The van der Waals surface area contributed by atoms with Crippen LogP contribution in [0.1, 0.15) is 52.9 Å². The van der Waals surface area contributed by atoms with Crippen LogP contribution in [0.3, 0.4) is 0 Å². The van der Waals surface area contributed by atoms with Gasteiger partial charge >= 0.3 is 0 Å². The first-order valence-electron chi connectivity index (χ1n) is 8.13. The lowest BCUT2D eigenvalue weighted by atomic mass is 9.78. The van der Waals surface area contributed by atoms with Crippen LogP contribution in [0.5, 0.6) is 0 Å². The minimum absolute atomic E-state index is 0.322. The summed E-state index contributed by atoms with van der Waals surface area (Å²) in [6.07, 6.45) is 5.76. The molecular formula is C16H29N3O. The van der Waals surface area contributed by atoms with Crippen LogP contribution in [0.15, 0.2) is 0 Å². The van der Waals surface area contributed by atoms with Gasteiger partial charge in [0.15, 0.2) is 0 Å². The fraction of sp³-hybridized carbons (Fsp3) is 0.938. The normalized spacial score (nSPS) is 36.0. The molecule has 1 saturated carbocycles. The number of nitriles is 1. The molecule has 0 amide bonds. The lowest BCUT2D eigenvalue weighted by Crippen LogP contribution is -2.57. The Balaban J connectivity index is 2.00. The van der Waals surface area contributed by atoms with Crippen molar-refractivity contribution in [2.45, 2.75) is 76.6 Å². The molecule has 0 spiro atoms. The van der Waals surface area contributed by atoms with Crippen LogP contribution >= 0.6 is 0 Å². The number of nitrogens with zero attached hydrogens (tertiary/aromatic N) is 2. The maximum atomic E-state index is 9.65. The topological polar surface area (TPSA) is 48.3 Å². The Bertz CT molecular complexity index is 352. The number of morpholine rings is 1. The standard InChI is InChI=1S/C16H29N3O/c1-4-15-11-19(8-9-20-15)14-6-5-7-16(10-14,12-17)18-13(2)3/h13-15,18H,4-11H2,1-3H3. The van der Waals surface area contributed by atoms with E-state index in [0.29, 0.717) is 18.2 Å². The van der Waals surface area contributed by atoms with Crippen molar-refractivity contribution >= 4 is 0 Å². The van der Waals surface area contributed by atoms with Gasteiger partial charge < -0.3 is 4.74 Å². The minimum Gasteiger partial charge on any atom is -0.376 e. The Labute approximate surface area is 123 Å². The molecule has 0 bridgehead atoms. The molecule has 2 fully saturated rings. The molecule has 0 aromatic carbocycles. The van der Waals surface area contributed by atoms with Crippen LogP contribution in [0.2, 0.25) is 0 Å². The van der Waals surface area contributed by atoms with Crippen molar-refractivity contribution in [1.82, 2.24) is 10.2 Å². The molecule has 1 aliphatic carbocycles. The second kappa shape index (κ2) is 6.89. The Kier molecular flexibility index (Phi) is 5.42. The molecule has 1 heterocycles.